The highest BCUT2D eigenvalue weighted by molar-refractivity contribution is 6.05. The van der Waals surface area contributed by atoms with Crippen LogP contribution in [0.4, 0.5) is 5.69 Å². The third kappa shape index (κ3) is 3.91. The lowest BCUT2D eigenvalue weighted by atomic mass is 9.95. The second-order valence-electron chi connectivity index (χ2n) is 6.89. The molecule has 0 aliphatic carbocycles. The highest BCUT2D eigenvalue weighted by atomic mass is 35.5. The van der Waals surface area contributed by atoms with Crippen molar-refractivity contribution >= 4 is 30.0 Å². The number of aliphatic imine (C=N–C) groups is 2. The summed E-state index contributed by atoms with van der Waals surface area (Å²) in [6, 6.07) is 20.6. The van der Waals surface area contributed by atoms with Gasteiger partial charge in [0.25, 0.3) is 0 Å². The molecule has 1 saturated heterocycles. The van der Waals surface area contributed by atoms with Gasteiger partial charge in [-0.05, 0) is 37.1 Å². The van der Waals surface area contributed by atoms with Gasteiger partial charge >= 0.3 is 0 Å². The van der Waals surface area contributed by atoms with Gasteiger partial charge in [-0.1, -0.05) is 48.5 Å². The SMILES string of the molecule is Cl.NC1=NC2(CCCN(Cc3ccccc3)C2)N(c2ccccc2)C(N)=N1. The predicted molar refractivity (Wildman–Crippen MR) is 113 cm³/mol. The topological polar surface area (TPSA) is 83.2 Å². The van der Waals surface area contributed by atoms with E-state index in [2.05, 4.69) is 34.2 Å². The van der Waals surface area contributed by atoms with Gasteiger partial charge in [-0.15, -0.1) is 12.4 Å². The van der Waals surface area contributed by atoms with Crippen molar-refractivity contribution in [1.82, 2.24) is 4.90 Å². The standard InChI is InChI=1S/C20H24N6.ClH/c21-18-23-19(22)26(17-10-5-2-6-11-17)20(24-18)12-7-13-25(15-20)14-16-8-3-1-4-9-16;/h1-6,8-11H,7,12-15H2,(H4,21,22,23,24);1H. The van der Waals surface area contributed by atoms with Crippen LogP contribution in [0.15, 0.2) is 70.6 Å². The Hall–Kier alpha value is -2.57. The Balaban J connectivity index is 0.00000210. The summed E-state index contributed by atoms with van der Waals surface area (Å²) in [5.74, 6) is 0.668. The lowest BCUT2D eigenvalue weighted by Crippen LogP contribution is -2.63. The van der Waals surface area contributed by atoms with Gasteiger partial charge < -0.3 is 11.5 Å². The van der Waals surface area contributed by atoms with Crippen molar-refractivity contribution in [1.29, 1.82) is 0 Å². The van der Waals surface area contributed by atoms with E-state index >= 15 is 0 Å². The molecule has 2 heterocycles. The quantitative estimate of drug-likeness (QED) is 0.851. The molecule has 0 aromatic heterocycles. The highest BCUT2D eigenvalue weighted by Crippen LogP contribution is 2.35. The van der Waals surface area contributed by atoms with Crippen LogP contribution in [0.5, 0.6) is 0 Å². The number of nitrogens with zero attached hydrogens (tertiary/aromatic N) is 4. The molecule has 1 unspecified atom stereocenters. The fraction of sp³-hybridized carbons (Fsp3) is 0.300. The van der Waals surface area contributed by atoms with Crippen LogP contribution in [0.2, 0.25) is 0 Å². The fourth-order valence-electron chi connectivity index (χ4n) is 3.97. The monoisotopic (exact) mass is 384 g/mol. The number of guanidine groups is 2. The van der Waals surface area contributed by atoms with Crippen LogP contribution in [0.3, 0.4) is 0 Å². The zero-order valence-electron chi connectivity index (χ0n) is 15.2. The van der Waals surface area contributed by atoms with Gasteiger partial charge in [0.2, 0.25) is 11.9 Å². The molecule has 0 amide bonds. The van der Waals surface area contributed by atoms with E-state index in [-0.39, 0.29) is 18.4 Å². The number of anilines is 1. The first-order chi connectivity index (χ1) is 12.7. The first-order valence-electron chi connectivity index (χ1n) is 8.97. The molecule has 6 nitrogen and oxygen atoms in total. The molecule has 27 heavy (non-hydrogen) atoms. The molecule has 0 saturated carbocycles. The summed E-state index contributed by atoms with van der Waals surface area (Å²) < 4.78 is 0. The number of benzene rings is 2. The number of hydrogen-bond acceptors (Lipinski definition) is 6. The van der Waals surface area contributed by atoms with E-state index in [1.165, 1.54) is 5.56 Å². The smallest absolute Gasteiger partial charge is 0.220 e. The zero-order chi connectivity index (χ0) is 18.0. The number of likely N-dealkylation sites (tertiary alicyclic amines) is 1. The lowest BCUT2D eigenvalue weighted by molar-refractivity contribution is 0.148. The maximum atomic E-state index is 6.30. The van der Waals surface area contributed by atoms with Gasteiger partial charge in [-0.25, -0.2) is 4.99 Å². The Morgan fingerprint density at radius 2 is 1.63 bits per heavy atom. The summed E-state index contributed by atoms with van der Waals surface area (Å²) in [5.41, 5.74) is 14.1. The first kappa shape index (κ1) is 19.2. The molecule has 2 aromatic carbocycles. The third-order valence-corrected chi connectivity index (χ3v) is 4.99. The van der Waals surface area contributed by atoms with Gasteiger partial charge in [0, 0.05) is 18.8 Å². The van der Waals surface area contributed by atoms with Gasteiger partial charge in [0.15, 0.2) is 5.66 Å². The van der Waals surface area contributed by atoms with Crippen molar-refractivity contribution in [2.45, 2.75) is 25.0 Å². The molecular formula is C20H25ClN6. The van der Waals surface area contributed by atoms with Crippen molar-refractivity contribution < 1.29 is 0 Å². The predicted octanol–water partition coefficient (Wildman–Crippen LogP) is 2.55. The molecule has 4 rings (SSSR count). The average molecular weight is 385 g/mol. The third-order valence-electron chi connectivity index (χ3n) is 4.99. The van der Waals surface area contributed by atoms with Crippen LogP contribution in [0.1, 0.15) is 18.4 Å². The number of nitrogens with two attached hydrogens (primary N) is 2. The van der Waals surface area contributed by atoms with Crippen molar-refractivity contribution in [3.05, 3.63) is 66.2 Å². The van der Waals surface area contributed by atoms with E-state index in [0.717, 1.165) is 38.2 Å². The van der Waals surface area contributed by atoms with Crippen molar-refractivity contribution in [3.8, 4) is 0 Å². The van der Waals surface area contributed by atoms with Crippen LogP contribution in [0, 0.1) is 0 Å². The molecule has 142 valence electrons. The van der Waals surface area contributed by atoms with E-state index in [0.29, 0.717) is 5.96 Å². The van der Waals surface area contributed by atoms with Crippen LogP contribution >= 0.6 is 12.4 Å². The maximum absolute atomic E-state index is 6.30. The van der Waals surface area contributed by atoms with E-state index in [9.17, 15) is 0 Å². The van der Waals surface area contributed by atoms with E-state index in [1.54, 1.807) is 0 Å². The molecule has 1 spiro atoms. The van der Waals surface area contributed by atoms with Gasteiger partial charge in [0.05, 0.1) is 0 Å². The molecule has 4 N–H and O–H groups in total. The maximum Gasteiger partial charge on any atom is 0.220 e. The second kappa shape index (κ2) is 7.98. The largest absolute Gasteiger partial charge is 0.369 e. The van der Waals surface area contributed by atoms with Gasteiger partial charge in [-0.3, -0.25) is 9.80 Å². The molecule has 0 radical (unpaired) electrons. The van der Waals surface area contributed by atoms with Gasteiger partial charge in [0.1, 0.15) is 0 Å². The van der Waals surface area contributed by atoms with Crippen LogP contribution in [0.25, 0.3) is 0 Å². The first-order valence-corrected chi connectivity index (χ1v) is 8.97. The minimum absolute atomic E-state index is 0. The molecule has 1 fully saturated rings. The number of para-hydroxylation sites is 1. The molecule has 1 atom stereocenters. The summed E-state index contributed by atoms with van der Waals surface area (Å²) >= 11 is 0. The van der Waals surface area contributed by atoms with E-state index in [4.69, 9.17) is 16.5 Å². The lowest BCUT2D eigenvalue weighted by Gasteiger charge is -2.48. The average Bonchev–Trinajstić information content (AvgIpc) is 2.63. The fourth-order valence-corrected chi connectivity index (χ4v) is 3.97. The highest BCUT2D eigenvalue weighted by Gasteiger charge is 2.44. The van der Waals surface area contributed by atoms with Gasteiger partial charge in [-0.2, -0.15) is 4.99 Å². The minimum Gasteiger partial charge on any atom is -0.369 e. The molecular weight excluding hydrogens is 360 g/mol. The molecule has 2 aromatic rings. The Labute approximate surface area is 166 Å². The molecule has 2 aliphatic rings. The minimum atomic E-state index is -0.510. The summed E-state index contributed by atoms with van der Waals surface area (Å²) in [6.45, 7) is 2.68. The molecule has 7 heteroatoms. The Morgan fingerprint density at radius 3 is 2.33 bits per heavy atom. The summed E-state index contributed by atoms with van der Waals surface area (Å²) in [6.07, 6.45) is 1.92. The Bertz CT molecular complexity index is 823. The number of piperidine rings is 1. The van der Waals surface area contributed by atoms with Crippen LogP contribution in [-0.2, 0) is 6.54 Å². The van der Waals surface area contributed by atoms with E-state index < -0.39 is 5.66 Å². The molecule has 0 bridgehead atoms. The summed E-state index contributed by atoms with van der Waals surface area (Å²) in [4.78, 5) is 13.5. The van der Waals surface area contributed by atoms with Crippen molar-refractivity contribution in [2.75, 3.05) is 18.0 Å². The summed E-state index contributed by atoms with van der Waals surface area (Å²) in [5, 5.41) is 0. The number of hydrogen-bond donors (Lipinski definition) is 2. The Kier molecular flexibility index (Phi) is 5.68. The number of rotatable bonds is 3. The Morgan fingerprint density at radius 1 is 0.963 bits per heavy atom. The number of halogens is 1. The molecule has 2 aliphatic heterocycles. The van der Waals surface area contributed by atoms with Crippen LogP contribution in [-0.4, -0.2) is 35.6 Å². The van der Waals surface area contributed by atoms with E-state index in [1.807, 2.05) is 41.3 Å². The normalized spacial score (nSPS) is 22.7. The van der Waals surface area contributed by atoms with Crippen molar-refractivity contribution in [2.24, 2.45) is 21.5 Å². The zero-order valence-corrected chi connectivity index (χ0v) is 16.0. The second-order valence-corrected chi connectivity index (χ2v) is 6.89. The van der Waals surface area contributed by atoms with Crippen molar-refractivity contribution in [3.63, 3.8) is 0 Å². The van der Waals surface area contributed by atoms with Crippen LogP contribution < -0.4 is 16.4 Å². The summed E-state index contributed by atoms with van der Waals surface area (Å²) in [7, 11) is 0.